The van der Waals surface area contributed by atoms with Crippen LogP contribution in [0.2, 0.25) is 5.02 Å². The molecule has 3 heteroatoms. The SMILES string of the molecule is CC(C)=C[C@@H]1CC2Cc3ccc(Cl)c(C)c3N1O2. The van der Waals surface area contributed by atoms with Gasteiger partial charge in [-0.15, -0.1) is 0 Å². The normalized spacial score (nSPS) is 25.0. The van der Waals surface area contributed by atoms with Gasteiger partial charge in [-0.2, -0.15) is 0 Å². The van der Waals surface area contributed by atoms with Crippen LogP contribution in [-0.2, 0) is 11.3 Å². The first-order chi connectivity index (χ1) is 8.56. The van der Waals surface area contributed by atoms with E-state index in [1.54, 1.807) is 0 Å². The van der Waals surface area contributed by atoms with Crippen LogP contribution < -0.4 is 5.06 Å². The van der Waals surface area contributed by atoms with Crippen molar-refractivity contribution < 1.29 is 4.84 Å². The predicted molar refractivity (Wildman–Crippen MR) is 75.1 cm³/mol. The van der Waals surface area contributed by atoms with E-state index in [0.29, 0.717) is 12.1 Å². The van der Waals surface area contributed by atoms with E-state index < -0.39 is 0 Å². The average molecular weight is 264 g/mol. The molecule has 1 aromatic carbocycles. The molecule has 2 aliphatic heterocycles. The third-order valence-electron chi connectivity index (χ3n) is 3.71. The van der Waals surface area contributed by atoms with Gasteiger partial charge in [0.15, 0.2) is 0 Å². The lowest BCUT2D eigenvalue weighted by molar-refractivity contribution is 0.0749. The van der Waals surface area contributed by atoms with Gasteiger partial charge in [-0.25, -0.2) is 5.06 Å². The number of hydroxylamine groups is 1. The summed E-state index contributed by atoms with van der Waals surface area (Å²) in [5.74, 6) is 0. The third-order valence-corrected chi connectivity index (χ3v) is 4.12. The second kappa shape index (κ2) is 4.29. The van der Waals surface area contributed by atoms with Crippen LogP contribution in [-0.4, -0.2) is 12.1 Å². The Morgan fingerprint density at radius 2 is 2.22 bits per heavy atom. The molecule has 0 N–H and O–H groups in total. The van der Waals surface area contributed by atoms with Crippen LogP contribution in [0.25, 0.3) is 0 Å². The number of hydrogen-bond acceptors (Lipinski definition) is 2. The summed E-state index contributed by atoms with van der Waals surface area (Å²) in [5, 5.41) is 2.89. The molecule has 0 aliphatic carbocycles. The van der Waals surface area contributed by atoms with Gasteiger partial charge in [0.2, 0.25) is 0 Å². The van der Waals surface area contributed by atoms with Crippen LogP contribution in [0.4, 0.5) is 5.69 Å². The highest BCUT2D eigenvalue weighted by Gasteiger charge is 2.39. The summed E-state index contributed by atoms with van der Waals surface area (Å²) in [6, 6.07) is 4.48. The molecule has 0 aromatic heterocycles. The van der Waals surface area contributed by atoms with Gasteiger partial charge in [0, 0.05) is 17.9 Å². The van der Waals surface area contributed by atoms with E-state index in [2.05, 4.69) is 38.0 Å². The van der Waals surface area contributed by atoms with Crippen LogP contribution >= 0.6 is 11.6 Å². The number of anilines is 1. The number of halogens is 1. The molecular weight excluding hydrogens is 246 g/mol. The van der Waals surface area contributed by atoms with Crippen molar-refractivity contribution in [1.82, 2.24) is 0 Å². The van der Waals surface area contributed by atoms with E-state index in [4.69, 9.17) is 16.4 Å². The molecule has 0 saturated carbocycles. The van der Waals surface area contributed by atoms with E-state index >= 15 is 0 Å². The second-order valence-electron chi connectivity index (χ2n) is 5.48. The van der Waals surface area contributed by atoms with Crippen molar-refractivity contribution in [3.63, 3.8) is 0 Å². The lowest BCUT2D eigenvalue weighted by Gasteiger charge is -2.31. The van der Waals surface area contributed by atoms with Crippen LogP contribution in [0.15, 0.2) is 23.8 Å². The fourth-order valence-electron chi connectivity index (χ4n) is 2.95. The highest BCUT2D eigenvalue weighted by atomic mass is 35.5. The number of benzene rings is 1. The Balaban J connectivity index is 2.08. The van der Waals surface area contributed by atoms with Gasteiger partial charge >= 0.3 is 0 Å². The summed E-state index contributed by atoms with van der Waals surface area (Å²) >= 11 is 6.24. The molecular formula is C15H18ClNO. The number of allylic oxidation sites excluding steroid dienone is 1. The minimum absolute atomic E-state index is 0.318. The molecule has 2 nitrogen and oxygen atoms in total. The molecule has 0 spiro atoms. The Kier molecular flexibility index (Phi) is 2.87. The van der Waals surface area contributed by atoms with E-state index in [1.807, 2.05) is 6.07 Å². The summed E-state index contributed by atoms with van der Waals surface area (Å²) in [5.41, 5.74) is 5.00. The quantitative estimate of drug-likeness (QED) is 0.709. The lowest BCUT2D eigenvalue weighted by atomic mass is 10.0. The fourth-order valence-corrected chi connectivity index (χ4v) is 3.11. The van der Waals surface area contributed by atoms with Crippen molar-refractivity contribution in [2.45, 2.75) is 45.8 Å². The Labute approximate surface area is 113 Å². The Bertz CT molecular complexity index is 519. The van der Waals surface area contributed by atoms with Gasteiger partial charge in [-0.05, 0) is 38.0 Å². The Morgan fingerprint density at radius 3 is 2.94 bits per heavy atom. The zero-order valence-corrected chi connectivity index (χ0v) is 11.8. The highest BCUT2D eigenvalue weighted by molar-refractivity contribution is 6.31. The Hall–Kier alpha value is -0.990. The molecule has 2 heterocycles. The van der Waals surface area contributed by atoms with Crippen molar-refractivity contribution in [2.24, 2.45) is 0 Å². The minimum atomic E-state index is 0.318. The zero-order chi connectivity index (χ0) is 12.9. The van der Waals surface area contributed by atoms with Crippen molar-refractivity contribution in [3.05, 3.63) is 39.9 Å². The smallest absolute Gasteiger partial charge is 0.0921 e. The molecule has 2 atom stereocenters. The maximum atomic E-state index is 6.24. The summed E-state index contributed by atoms with van der Waals surface area (Å²) in [6.07, 6.45) is 4.67. The topological polar surface area (TPSA) is 12.5 Å². The molecule has 96 valence electrons. The first kappa shape index (κ1) is 12.1. The van der Waals surface area contributed by atoms with Crippen molar-refractivity contribution in [2.75, 3.05) is 5.06 Å². The van der Waals surface area contributed by atoms with E-state index in [-0.39, 0.29) is 0 Å². The monoisotopic (exact) mass is 263 g/mol. The first-order valence-electron chi connectivity index (χ1n) is 6.45. The zero-order valence-electron chi connectivity index (χ0n) is 11.0. The average Bonchev–Trinajstić information content (AvgIpc) is 2.60. The second-order valence-corrected chi connectivity index (χ2v) is 5.89. The molecule has 18 heavy (non-hydrogen) atoms. The van der Waals surface area contributed by atoms with Gasteiger partial charge in [0.1, 0.15) is 0 Å². The predicted octanol–water partition coefficient (Wildman–Crippen LogP) is 4.05. The van der Waals surface area contributed by atoms with E-state index in [9.17, 15) is 0 Å². The number of nitrogens with zero attached hydrogens (tertiary/aromatic N) is 1. The van der Waals surface area contributed by atoms with Crippen molar-refractivity contribution in [1.29, 1.82) is 0 Å². The molecule has 1 aromatic rings. The largest absolute Gasteiger partial charge is 0.269 e. The minimum Gasteiger partial charge on any atom is -0.269 e. The molecule has 0 radical (unpaired) electrons. The summed E-state index contributed by atoms with van der Waals surface area (Å²) in [4.78, 5) is 6.00. The van der Waals surface area contributed by atoms with E-state index in [1.165, 1.54) is 16.8 Å². The van der Waals surface area contributed by atoms with Crippen molar-refractivity contribution in [3.8, 4) is 0 Å². The van der Waals surface area contributed by atoms with Gasteiger partial charge in [0.05, 0.1) is 17.8 Å². The van der Waals surface area contributed by atoms with Crippen LogP contribution in [0.1, 0.15) is 31.4 Å². The van der Waals surface area contributed by atoms with Gasteiger partial charge < -0.3 is 0 Å². The number of fused-ring (bicyclic) bond motifs is 4. The lowest BCUT2D eigenvalue weighted by Crippen LogP contribution is -2.31. The maximum absolute atomic E-state index is 6.24. The third kappa shape index (κ3) is 1.84. The fraction of sp³-hybridized carbons (Fsp3) is 0.467. The van der Waals surface area contributed by atoms with Gasteiger partial charge in [0.25, 0.3) is 0 Å². The first-order valence-corrected chi connectivity index (χ1v) is 6.83. The van der Waals surface area contributed by atoms with Gasteiger partial charge in [-0.3, -0.25) is 4.84 Å². The van der Waals surface area contributed by atoms with Crippen LogP contribution in [0.5, 0.6) is 0 Å². The maximum Gasteiger partial charge on any atom is 0.0921 e. The number of rotatable bonds is 1. The standard InChI is InChI=1S/C15H18ClNO/c1-9(2)6-12-8-13-7-11-4-5-14(16)10(3)15(11)17(12)18-13/h4-6,12-13H,7-8H2,1-3H3/t12-,13?/m1/s1. The molecule has 1 saturated heterocycles. The molecule has 0 amide bonds. The van der Waals surface area contributed by atoms with Crippen LogP contribution in [0, 0.1) is 6.92 Å². The summed E-state index contributed by atoms with van der Waals surface area (Å²) < 4.78 is 0. The number of hydrogen-bond donors (Lipinski definition) is 0. The molecule has 2 aliphatic rings. The molecule has 1 unspecified atom stereocenters. The summed E-state index contributed by atoms with van der Waals surface area (Å²) in [7, 11) is 0. The van der Waals surface area contributed by atoms with E-state index in [0.717, 1.165) is 23.4 Å². The highest BCUT2D eigenvalue weighted by Crippen LogP contribution is 2.42. The summed E-state index contributed by atoms with van der Waals surface area (Å²) in [6.45, 7) is 6.34. The van der Waals surface area contributed by atoms with Crippen molar-refractivity contribution >= 4 is 17.3 Å². The molecule has 3 rings (SSSR count). The Morgan fingerprint density at radius 1 is 1.44 bits per heavy atom. The van der Waals surface area contributed by atoms with Crippen LogP contribution in [0.3, 0.4) is 0 Å². The molecule has 2 bridgehead atoms. The molecule has 1 fully saturated rings. The van der Waals surface area contributed by atoms with Gasteiger partial charge in [-0.1, -0.05) is 29.3 Å².